The van der Waals surface area contributed by atoms with Gasteiger partial charge in [-0.05, 0) is 30.4 Å². The normalized spacial score (nSPS) is 17.1. The van der Waals surface area contributed by atoms with Crippen molar-refractivity contribution in [3.05, 3.63) is 9.81 Å². The number of hydrogen-bond acceptors (Lipinski definition) is 4. The fraction of sp³-hybridized carbons (Fsp3) is 0.556. The van der Waals surface area contributed by atoms with Gasteiger partial charge in [-0.2, -0.15) is 4.99 Å². The van der Waals surface area contributed by atoms with Gasteiger partial charge in [0, 0.05) is 10.5 Å². The summed E-state index contributed by atoms with van der Waals surface area (Å²) in [5.41, 5.74) is 1.05. The van der Waals surface area contributed by atoms with Crippen LogP contribution in [0.2, 0.25) is 0 Å². The molecule has 1 fully saturated rings. The second-order valence-electron chi connectivity index (χ2n) is 2.75. The van der Waals surface area contributed by atoms with Gasteiger partial charge in [-0.3, -0.25) is 0 Å². The van der Waals surface area contributed by atoms with Gasteiger partial charge in [0.05, 0.1) is 7.11 Å². The first-order chi connectivity index (χ1) is 6.74. The number of ether oxygens (including phenoxy) is 1. The van der Waals surface area contributed by atoms with Crippen molar-refractivity contribution in [3.8, 4) is 0 Å². The molecule has 0 aliphatic carbocycles. The van der Waals surface area contributed by atoms with Crippen LogP contribution in [0.1, 0.15) is 13.3 Å². The summed E-state index contributed by atoms with van der Waals surface area (Å²) in [5.74, 6) is 2.32. The predicted molar refractivity (Wildman–Crippen MR) is 63.1 cm³/mol. The minimum Gasteiger partial charge on any atom is -0.451 e. The Morgan fingerprint density at radius 1 is 1.50 bits per heavy atom. The molecule has 0 aromatic rings. The number of thioether (sulfide) groups is 2. The molecule has 1 saturated heterocycles. The number of aliphatic imine (C=N–C) groups is 1. The second-order valence-corrected chi connectivity index (χ2v) is 5.22. The number of carbonyl (C=O) groups is 1. The number of allylic oxidation sites excluding steroid dienone is 1. The summed E-state index contributed by atoms with van der Waals surface area (Å²) < 4.78 is 5.68. The molecule has 78 valence electrons. The molecule has 1 heterocycles. The van der Waals surface area contributed by atoms with E-state index in [1.54, 1.807) is 6.21 Å². The topological polar surface area (TPSA) is 38.7 Å². The minimum atomic E-state index is -0.546. The van der Waals surface area contributed by atoms with E-state index in [-0.39, 0.29) is 0 Å². The van der Waals surface area contributed by atoms with Crippen molar-refractivity contribution in [2.75, 3.05) is 18.6 Å². The van der Waals surface area contributed by atoms with Crippen LogP contribution in [-0.4, -0.2) is 30.9 Å². The standard InChI is InChI=1S/C9H13NO2S2/c1-7(6-10-9(11)12-2)8-13-4-3-5-14-8/h6H,3-5H2,1-2H3. The number of rotatable bonds is 1. The van der Waals surface area contributed by atoms with E-state index in [1.165, 1.54) is 17.8 Å². The van der Waals surface area contributed by atoms with Crippen LogP contribution >= 0.6 is 23.5 Å². The molecule has 0 saturated carbocycles. The molecule has 1 amide bonds. The van der Waals surface area contributed by atoms with Gasteiger partial charge in [0.2, 0.25) is 0 Å². The highest BCUT2D eigenvalue weighted by molar-refractivity contribution is 8.22. The second kappa shape index (κ2) is 6.14. The number of nitrogens with zero attached hydrogens (tertiary/aromatic N) is 1. The molecule has 1 rings (SSSR count). The molecule has 1 aliphatic heterocycles. The molecule has 0 unspecified atom stereocenters. The summed E-state index contributed by atoms with van der Waals surface area (Å²) in [4.78, 5) is 14.4. The van der Waals surface area contributed by atoms with Crippen molar-refractivity contribution in [1.82, 2.24) is 0 Å². The zero-order valence-electron chi connectivity index (χ0n) is 8.28. The molecule has 0 atom stereocenters. The van der Waals surface area contributed by atoms with Crippen LogP contribution in [0.25, 0.3) is 0 Å². The molecule has 14 heavy (non-hydrogen) atoms. The predicted octanol–water partition coefficient (Wildman–Crippen LogP) is 2.93. The fourth-order valence-corrected chi connectivity index (χ4v) is 3.44. The van der Waals surface area contributed by atoms with Crippen molar-refractivity contribution >= 4 is 35.8 Å². The Morgan fingerprint density at radius 2 is 2.14 bits per heavy atom. The quantitative estimate of drug-likeness (QED) is 0.650. The first kappa shape index (κ1) is 11.7. The molecule has 0 aromatic heterocycles. The van der Waals surface area contributed by atoms with Gasteiger partial charge in [0.15, 0.2) is 0 Å². The highest BCUT2D eigenvalue weighted by Crippen LogP contribution is 2.36. The van der Waals surface area contributed by atoms with Crippen molar-refractivity contribution < 1.29 is 9.53 Å². The van der Waals surface area contributed by atoms with Gasteiger partial charge in [0.1, 0.15) is 0 Å². The number of hydrogen-bond donors (Lipinski definition) is 0. The van der Waals surface area contributed by atoms with Crippen molar-refractivity contribution in [2.45, 2.75) is 13.3 Å². The van der Waals surface area contributed by atoms with E-state index in [2.05, 4.69) is 9.73 Å². The number of carbonyl (C=O) groups excluding carboxylic acids is 1. The Balaban J connectivity index is 2.57. The van der Waals surface area contributed by atoms with Gasteiger partial charge in [0.25, 0.3) is 0 Å². The van der Waals surface area contributed by atoms with Crippen LogP contribution < -0.4 is 0 Å². The smallest absolute Gasteiger partial charge is 0.433 e. The molecule has 0 bridgehead atoms. The molecule has 0 N–H and O–H groups in total. The van der Waals surface area contributed by atoms with Crippen molar-refractivity contribution in [2.24, 2.45) is 4.99 Å². The van der Waals surface area contributed by atoms with Gasteiger partial charge < -0.3 is 4.74 Å². The first-order valence-corrected chi connectivity index (χ1v) is 6.29. The van der Waals surface area contributed by atoms with Crippen LogP contribution in [0, 0.1) is 0 Å². The summed E-state index contributed by atoms with van der Waals surface area (Å²) >= 11 is 3.66. The Hall–Kier alpha value is -0.420. The molecule has 0 aromatic carbocycles. The molecular weight excluding hydrogens is 218 g/mol. The lowest BCUT2D eigenvalue weighted by Crippen LogP contribution is -1.97. The van der Waals surface area contributed by atoms with Gasteiger partial charge in [-0.15, -0.1) is 23.5 Å². The monoisotopic (exact) mass is 231 g/mol. The van der Waals surface area contributed by atoms with E-state index in [1.807, 2.05) is 30.4 Å². The van der Waals surface area contributed by atoms with E-state index < -0.39 is 6.09 Å². The molecule has 0 spiro atoms. The van der Waals surface area contributed by atoms with E-state index in [0.717, 1.165) is 17.1 Å². The molecule has 5 heteroatoms. The Labute approximate surface area is 92.4 Å². The summed E-state index contributed by atoms with van der Waals surface area (Å²) in [6.07, 6.45) is 2.28. The van der Waals surface area contributed by atoms with Crippen LogP contribution in [-0.2, 0) is 4.74 Å². The largest absolute Gasteiger partial charge is 0.451 e. The molecule has 0 radical (unpaired) electrons. The fourth-order valence-electron chi connectivity index (χ4n) is 0.913. The third-order valence-corrected chi connectivity index (χ3v) is 4.48. The van der Waals surface area contributed by atoms with Crippen LogP contribution in [0.3, 0.4) is 0 Å². The first-order valence-electron chi connectivity index (χ1n) is 4.32. The highest BCUT2D eigenvalue weighted by atomic mass is 32.2. The third-order valence-electron chi connectivity index (χ3n) is 1.62. The summed E-state index contributed by atoms with van der Waals surface area (Å²) in [5, 5.41) is 0. The van der Waals surface area contributed by atoms with Crippen molar-refractivity contribution in [3.63, 3.8) is 0 Å². The highest BCUT2D eigenvalue weighted by Gasteiger charge is 2.08. The summed E-state index contributed by atoms with van der Waals surface area (Å²) in [6.45, 7) is 1.97. The van der Waals surface area contributed by atoms with E-state index in [0.29, 0.717) is 0 Å². The Kier molecular flexibility index (Phi) is 5.11. The van der Waals surface area contributed by atoms with Gasteiger partial charge >= 0.3 is 6.09 Å². The maximum atomic E-state index is 10.7. The lowest BCUT2D eigenvalue weighted by molar-refractivity contribution is 0.183. The SMILES string of the molecule is COC(=O)N=CC(C)=C1SCCCS1. The van der Waals surface area contributed by atoms with E-state index >= 15 is 0 Å². The zero-order valence-corrected chi connectivity index (χ0v) is 9.91. The van der Waals surface area contributed by atoms with E-state index in [4.69, 9.17) is 0 Å². The van der Waals surface area contributed by atoms with Crippen LogP contribution in [0.5, 0.6) is 0 Å². The number of methoxy groups -OCH3 is 1. The zero-order chi connectivity index (χ0) is 10.4. The summed E-state index contributed by atoms with van der Waals surface area (Å²) in [6, 6.07) is 0. The van der Waals surface area contributed by atoms with Crippen LogP contribution in [0.15, 0.2) is 14.8 Å². The van der Waals surface area contributed by atoms with Crippen LogP contribution in [0.4, 0.5) is 4.79 Å². The maximum Gasteiger partial charge on any atom is 0.433 e. The lowest BCUT2D eigenvalue weighted by Gasteiger charge is -2.13. The van der Waals surface area contributed by atoms with Gasteiger partial charge in [-0.25, -0.2) is 4.79 Å². The van der Waals surface area contributed by atoms with E-state index in [9.17, 15) is 4.79 Å². The van der Waals surface area contributed by atoms with Crippen molar-refractivity contribution in [1.29, 1.82) is 0 Å². The molecule has 1 aliphatic rings. The Bertz CT molecular complexity index is 266. The van der Waals surface area contributed by atoms with Gasteiger partial charge in [-0.1, -0.05) is 0 Å². The number of amides is 1. The lowest BCUT2D eigenvalue weighted by atomic mass is 10.4. The average Bonchev–Trinajstić information content (AvgIpc) is 2.26. The molecular formula is C9H13NO2S2. The third kappa shape index (κ3) is 3.75. The minimum absolute atomic E-state index is 0.546. The Morgan fingerprint density at radius 3 is 2.71 bits per heavy atom. The average molecular weight is 231 g/mol. The molecule has 3 nitrogen and oxygen atoms in total. The maximum absolute atomic E-state index is 10.7. The summed E-state index contributed by atoms with van der Waals surface area (Å²) in [7, 11) is 1.33.